The van der Waals surface area contributed by atoms with Gasteiger partial charge in [-0.1, -0.05) is 31.5 Å². The van der Waals surface area contributed by atoms with Crippen LogP contribution in [-0.4, -0.2) is 50.1 Å². The van der Waals surface area contributed by atoms with E-state index in [2.05, 4.69) is 37.7 Å². The van der Waals surface area contributed by atoms with Crippen LogP contribution in [0.25, 0.3) is 0 Å². The molecule has 0 amide bonds. The molecule has 0 aliphatic rings. The Kier molecular flexibility index (Phi) is 7.29. The highest BCUT2D eigenvalue weighted by atomic mass is 19.1. The third kappa shape index (κ3) is 5.73. The molecule has 1 aromatic carbocycles. The van der Waals surface area contributed by atoms with Crippen molar-refractivity contribution in [2.24, 2.45) is 11.7 Å². The van der Waals surface area contributed by atoms with Crippen LogP contribution in [-0.2, 0) is 0 Å². The Bertz CT molecular complexity index is 432. The number of hydrogen-bond donors (Lipinski definition) is 1. The summed E-state index contributed by atoms with van der Waals surface area (Å²) in [5.74, 6) is 0.365. The van der Waals surface area contributed by atoms with Gasteiger partial charge in [-0.25, -0.2) is 4.39 Å². The summed E-state index contributed by atoms with van der Waals surface area (Å²) >= 11 is 0. The van der Waals surface area contributed by atoms with Crippen LogP contribution in [0.3, 0.4) is 0 Å². The largest absolute Gasteiger partial charge is 0.329 e. The van der Waals surface area contributed by atoms with Gasteiger partial charge in [0, 0.05) is 37.8 Å². The Balaban J connectivity index is 3.01. The highest BCUT2D eigenvalue weighted by molar-refractivity contribution is 5.27. The molecule has 1 aromatic rings. The number of nitrogens with two attached hydrogens (primary N) is 1. The van der Waals surface area contributed by atoms with E-state index in [0.29, 0.717) is 12.5 Å². The third-order valence-electron chi connectivity index (χ3n) is 3.61. The van der Waals surface area contributed by atoms with Crippen molar-refractivity contribution >= 4 is 0 Å². The average molecular weight is 295 g/mol. The van der Waals surface area contributed by atoms with E-state index in [1.54, 1.807) is 12.1 Å². The van der Waals surface area contributed by atoms with Crippen LogP contribution in [0, 0.1) is 18.7 Å². The van der Waals surface area contributed by atoms with E-state index < -0.39 is 0 Å². The monoisotopic (exact) mass is 295 g/mol. The lowest BCUT2D eigenvalue weighted by Gasteiger charge is -2.33. The molecule has 1 unspecified atom stereocenters. The van der Waals surface area contributed by atoms with Crippen molar-refractivity contribution in [2.45, 2.75) is 26.8 Å². The Hall–Kier alpha value is -0.970. The lowest BCUT2D eigenvalue weighted by Crippen LogP contribution is -2.40. The van der Waals surface area contributed by atoms with Crippen LogP contribution in [0.4, 0.5) is 4.39 Å². The number of nitrogens with zero attached hydrogens (tertiary/aromatic N) is 2. The molecule has 4 heteroatoms. The maximum absolute atomic E-state index is 14.2. The van der Waals surface area contributed by atoms with Gasteiger partial charge in [0.2, 0.25) is 0 Å². The van der Waals surface area contributed by atoms with Crippen molar-refractivity contribution in [1.82, 2.24) is 9.80 Å². The first kappa shape index (κ1) is 18.1. The SMILES string of the molecule is Cc1ccc(F)c(C(CN)N(CCN(C)C)CC(C)C)c1. The van der Waals surface area contributed by atoms with Gasteiger partial charge >= 0.3 is 0 Å². The topological polar surface area (TPSA) is 32.5 Å². The number of halogens is 1. The molecule has 0 saturated heterocycles. The fourth-order valence-electron chi connectivity index (χ4n) is 2.56. The smallest absolute Gasteiger partial charge is 0.128 e. The van der Waals surface area contributed by atoms with E-state index in [1.165, 1.54) is 0 Å². The Morgan fingerprint density at radius 3 is 2.38 bits per heavy atom. The van der Waals surface area contributed by atoms with Gasteiger partial charge in [-0.3, -0.25) is 4.90 Å². The van der Waals surface area contributed by atoms with Crippen molar-refractivity contribution in [3.8, 4) is 0 Å². The number of aryl methyl sites for hydroxylation is 1. The summed E-state index contributed by atoms with van der Waals surface area (Å²) in [6.07, 6.45) is 0. The fraction of sp³-hybridized carbons (Fsp3) is 0.647. The van der Waals surface area contributed by atoms with E-state index >= 15 is 0 Å². The van der Waals surface area contributed by atoms with E-state index in [-0.39, 0.29) is 11.9 Å². The minimum absolute atomic E-state index is 0.0627. The first-order valence-corrected chi connectivity index (χ1v) is 7.70. The first-order valence-electron chi connectivity index (χ1n) is 7.70. The fourth-order valence-corrected chi connectivity index (χ4v) is 2.56. The van der Waals surface area contributed by atoms with Crippen molar-refractivity contribution in [3.63, 3.8) is 0 Å². The Morgan fingerprint density at radius 2 is 1.86 bits per heavy atom. The molecule has 0 heterocycles. The van der Waals surface area contributed by atoms with Crippen LogP contribution in [0.2, 0.25) is 0 Å². The predicted octanol–water partition coefficient (Wildman–Crippen LogP) is 2.65. The van der Waals surface area contributed by atoms with Gasteiger partial charge in [0.1, 0.15) is 5.82 Å². The van der Waals surface area contributed by atoms with Gasteiger partial charge in [0.15, 0.2) is 0 Å². The second-order valence-electron chi connectivity index (χ2n) is 6.47. The summed E-state index contributed by atoms with van der Waals surface area (Å²) in [7, 11) is 4.11. The summed E-state index contributed by atoms with van der Waals surface area (Å²) in [6.45, 7) is 9.54. The summed E-state index contributed by atoms with van der Waals surface area (Å²) in [5, 5.41) is 0. The summed E-state index contributed by atoms with van der Waals surface area (Å²) in [4.78, 5) is 4.45. The molecule has 1 atom stereocenters. The zero-order chi connectivity index (χ0) is 16.0. The maximum atomic E-state index is 14.2. The van der Waals surface area contributed by atoms with Gasteiger partial charge in [-0.15, -0.1) is 0 Å². The molecule has 2 N–H and O–H groups in total. The van der Waals surface area contributed by atoms with Gasteiger partial charge in [-0.2, -0.15) is 0 Å². The molecular formula is C17H30FN3. The van der Waals surface area contributed by atoms with Crippen LogP contribution in [0.5, 0.6) is 0 Å². The Morgan fingerprint density at radius 1 is 1.19 bits per heavy atom. The zero-order valence-electron chi connectivity index (χ0n) is 14.1. The van der Waals surface area contributed by atoms with Crippen LogP contribution in [0.1, 0.15) is 31.0 Å². The molecular weight excluding hydrogens is 265 g/mol. The molecule has 0 spiro atoms. The van der Waals surface area contributed by atoms with Gasteiger partial charge in [-0.05, 0) is 33.0 Å². The van der Waals surface area contributed by atoms with E-state index in [0.717, 1.165) is 30.8 Å². The number of hydrogen-bond acceptors (Lipinski definition) is 3. The van der Waals surface area contributed by atoms with Crippen molar-refractivity contribution < 1.29 is 4.39 Å². The summed E-state index contributed by atoms with van der Waals surface area (Å²) in [5.41, 5.74) is 7.78. The molecule has 120 valence electrons. The second kappa shape index (κ2) is 8.47. The van der Waals surface area contributed by atoms with Crippen LogP contribution < -0.4 is 5.73 Å². The molecule has 1 rings (SSSR count). The molecule has 0 saturated carbocycles. The van der Waals surface area contributed by atoms with E-state index in [4.69, 9.17) is 5.73 Å². The molecule has 0 radical (unpaired) electrons. The maximum Gasteiger partial charge on any atom is 0.128 e. The molecule has 0 aromatic heterocycles. The number of benzene rings is 1. The van der Waals surface area contributed by atoms with Crippen LogP contribution in [0.15, 0.2) is 18.2 Å². The third-order valence-corrected chi connectivity index (χ3v) is 3.61. The quantitative estimate of drug-likeness (QED) is 0.800. The van der Waals surface area contributed by atoms with Gasteiger partial charge in [0.05, 0.1) is 0 Å². The predicted molar refractivity (Wildman–Crippen MR) is 87.9 cm³/mol. The minimum atomic E-state index is -0.158. The lowest BCUT2D eigenvalue weighted by molar-refractivity contribution is 0.161. The average Bonchev–Trinajstić information content (AvgIpc) is 2.39. The number of rotatable bonds is 8. The molecule has 0 bridgehead atoms. The first-order chi connectivity index (χ1) is 9.85. The van der Waals surface area contributed by atoms with Crippen molar-refractivity contribution in [1.29, 1.82) is 0 Å². The molecule has 0 aliphatic carbocycles. The van der Waals surface area contributed by atoms with Gasteiger partial charge < -0.3 is 10.6 Å². The van der Waals surface area contributed by atoms with E-state index in [9.17, 15) is 4.39 Å². The molecule has 3 nitrogen and oxygen atoms in total. The molecule has 0 aliphatic heterocycles. The molecule has 21 heavy (non-hydrogen) atoms. The highest BCUT2D eigenvalue weighted by Crippen LogP contribution is 2.24. The van der Waals surface area contributed by atoms with Gasteiger partial charge in [0.25, 0.3) is 0 Å². The standard InChI is InChI=1S/C17H30FN3/c1-13(2)12-21(9-8-20(4)5)17(11-19)15-10-14(3)6-7-16(15)18/h6-7,10,13,17H,8-9,11-12,19H2,1-5H3. The highest BCUT2D eigenvalue weighted by Gasteiger charge is 2.22. The molecule has 0 fully saturated rings. The summed E-state index contributed by atoms with van der Waals surface area (Å²) < 4.78 is 14.2. The summed E-state index contributed by atoms with van der Waals surface area (Å²) in [6, 6.07) is 5.22. The second-order valence-corrected chi connectivity index (χ2v) is 6.47. The zero-order valence-corrected chi connectivity index (χ0v) is 14.1. The number of likely N-dealkylation sites (N-methyl/N-ethyl adjacent to an activating group) is 1. The van der Waals surface area contributed by atoms with Crippen molar-refractivity contribution in [2.75, 3.05) is 40.3 Å². The van der Waals surface area contributed by atoms with Crippen LogP contribution >= 0.6 is 0 Å². The van der Waals surface area contributed by atoms with Crippen molar-refractivity contribution in [3.05, 3.63) is 35.1 Å². The minimum Gasteiger partial charge on any atom is -0.329 e. The Labute approximate surface area is 128 Å². The van der Waals surface area contributed by atoms with E-state index in [1.807, 2.05) is 13.0 Å². The normalized spacial score (nSPS) is 13.4. The lowest BCUT2D eigenvalue weighted by atomic mass is 10.0.